The Bertz CT molecular complexity index is 1110. The molecule has 1 aliphatic rings. The number of hydrogen-bond acceptors (Lipinski definition) is 4. The van der Waals surface area contributed by atoms with Crippen molar-refractivity contribution in [3.05, 3.63) is 85.7 Å². The summed E-state index contributed by atoms with van der Waals surface area (Å²) in [6.07, 6.45) is 0. The minimum absolute atomic E-state index is 0.134. The number of ether oxygens (including phenoxy) is 1. The summed E-state index contributed by atoms with van der Waals surface area (Å²) in [7, 11) is 0. The van der Waals surface area contributed by atoms with Crippen LogP contribution in [0.2, 0.25) is 20.1 Å². The van der Waals surface area contributed by atoms with Crippen LogP contribution in [0.3, 0.4) is 0 Å². The average molecular weight is 514 g/mol. The molecule has 0 saturated carbocycles. The molecule has 3 aromatic rings. The van der Waals surface area contributed by atoms with Crippen molar-refractivity contribution in [1.82, 2.24) is 9.80 Å². The van der Waals surface area contributed by atoms with Gasteiger partial charge in [-0.1, -0.05) is 52.5 Å². The third-order valence-electron chi connectivity index (χ3n) is 5.20. The standard InChI is InChI=1S/C23H20Cl4N2O3/c24-16-2-1-15(19(26)11-16)13-28-7-9-29(10-8-28)23(30)22-6-4-18(32-22)14-31-21-5-3-17(25)12-20(21)27/h1-6,11-12H,7-10,13-14H2. The highest BCUT2D eigenvalue weighted by atomic mass is 35.5. The topological polar surface area (TPSA) is 45.9 Å². The van der Waals surface area contributed by atoms with Crippen LogP contribution in [-0.4, -0.2) is 41.9 Å². The number of benzene rings is 2. The van der Waals surface area contributed by atoms with E-state index in [0.29, 0.717) is 57.0 Å². The fraction of sp³-hybridized carbons (Fsp3) is 0.261. The maximum Gasteiger partial charge on any atom is 0.289 e. The number of hydrogen-bond donors (Lipinski definition) is 0. The largest absolute Gasteiger partial charge is 0.484 e. The van der Waals surface area contributed by atoms with Gasteiger partial charge in [-0.3, -0.25) is 9.69 Å². The van der Waals surface area contributed by atoms with Crippen molar-refractivity contribution in [2.45, 2.75) is 13.2 Å². The van der Waals surface area contributed by atoms with Crippen molar-refractivity contribution in [3.63, 3.8) is 0 Å². The lowest BCUT2D eigenvalue weighted by Crippen LogP contribution is -2.48. The summed E-state index contributed by atoms with van der Waals surface area (Å²) in [5.74, 6) is 1.19. The van der Waals surface area contributed by atoms with E-state index in [1.165, 1.54) is 0 Å². The molecule has 0 unspecified atom stereocenters. The molecule has 0 spiro atoms. The molecular formula is C23H20Cl4N2O3. The van der Waals surface area contributed by atoms with Crippen LogP contribution in [0.5, 0.6) is 5.75 Å². The Morgan fingerprint density at radius 2 is 1.56 bits per heavy atom. The first-order chi connectivity index (χ1) is 15.4. The zero-order valence-electron chi connectivity index (χ0n) is 17.0. The molecule has 32 heavy (non-hydrogen) atoms. The summed E-state index contributed by atoms with van der Waals surface area (Å²) in [5.41, 5.74) is 1.02. The van der Waals surface area contributed by atoms with Gasteiger partial charge in [0.2, 0.25) is 0 Å². The minimum atomic E-state index is -0.134. The van der Waals surface area contributed by atoms with Crippen molar-refractivity contribution < 1.29 is 13.9 Å². The molecule has 9 heteroatoms. The zero-order valence-corrected chi connectivity index (χ0v) is 20.0. The first kappa shape index (κ1) is 23.3. The molecule has 0 radical (unpaired) electrons. The van der Waals surface area contributed by atoms with Gasteiger partial charge in [-0.2, -0.15) is 0 Å². The first-order valence-corrected chi connectivity index (χ1v) is 11.5. The number of piperazine rings is 1. The lowest BCUT2D eigenvalue weighted by atomic mass is 10.2. The van der Waals surface area contributed by atoms with E-state index in [0.717, 1.165) is 18.7 Å². The number of rotatable bonds is 6. The Kier molecular flexibility index (Phi) is 7.54. The maximum atomic E-state index is 12.8. The van der Waals surface area contributed by atoms with Gasteiger partial charge in [0.25, 0.3) is 5.91 Å². The second-order valence-corrected chi connectivity index (χ2v) is 9.12. The molecule has 0 atom stereocenters. The van der Waals surface area contributed by atoms with Crippen molar-refractivity contribution >= 4 is 52.3 Å². The predicted octanol–water partition coefficient (Wildman–Crippen LogP) is 6.43. The summed E-state index contributed by atoms with van der Waals surface area (Å²) in [4.78, 5) is 16.9. The maximum absolute atomic E-state index is 12.8. The summed E-state index contributed by atoms with van der Waals surface area (Å²) in [6.45, 7) is 3.58. The summed E-state index contributed by atoms with van der Waals surface area (Å²) in [5, 5.41) is 2.22. The molecule has 1 saturated heterocycles. The Morgan fingerprint density at radius 1 is 0.875 bits per heavy atom. The van der Waals surface area contributed by atoms with Gasteiger partial charge in [-0.15, -0.1) is 0 Å². The Morgan fingerprint density at radius 3 is 2.25 bits per heavy atom. The number of halogens is 4. The van der Waals surface area contributed by atoms with Crippen molar-refractivity contribution in [1.29, 1.82) is 0 Å². The predicted molar refractivity (Wildman–Crippen MR) is 127 cm³/mol. The molecule has 0 N–H and O–H groups in total. The molecule has 1 amide bonds. The number of nitrogens with zero attached hydrogens (tertiary/aromatic N) is 2. The van der Waals surface area contributed by atoms with E-state index in [2.05, 4.69) is 4.90 Å². The lowest BCUT2D eigenvalue weighted by Gasteiger charge is -2.34. The molecular weight excluding hydrogens is 494 g/mol. The molecule has 4 rings (SSSR count). The summed E-state index contributed by atoms with van der Waals surface area (Å²) < 4.78 is 11.4. The molecule has 1 aromatic heterocycles. The second kappa shape index (κ2) is 10.4. The molecule has 0 aliphatic carbocycles. The lowest BCUT2D eigenvalue weighted by molar-refractivity contribution is 0.0594. The van der Waals surface area contributed by atoms with Crippen molar-refractivity contribution in [2.75, 3.05) is 26.2 Å². The first-order valence-electron chi connectivity index (χ1n) is 10.0. The smallest absolute Gasteiger partial charge is 0.289 e. The monoisotopic (exact) mass is 512 g/mol. The van der Waals surface area contributed by atoms with Crippen LogP contribution in [0.15, 0.2) is 52.9 Å². The quantitative estimate of drug-likeness (QED) is 0.381. The van der Waals surface area contributed by atoms with E-state index in [1.54, 1.807) is 41.3 Å². The average Bonchev–Trinajstić information content (AvgIpc) is 3.24. The number of furan rings is 1. The van der Waals surface area contributed by atoms with Crippen LogP contribution in [0.4, 0.5) is 0 Å². The molecule has 1 aliphatic heterocycles. The SMILES string of the molecule is O=C(c1ccc(COc2ccc(Cl)cc2Cl)o1)N1CCN(Cc2ccc(Cl)cc2Cl)CC1. The Balaban J connectivity index is 1.29. The van der Waals surface area contributed by atoms with Crippen LogP contribution in [0.25, 0.3) is 0 Å². The van der Waals surface area contributed by atoms with Gasteiger partial charge in [-0.25, -0.2) is 0 Å². The van der Waals surface area contributed by atoms with Gasteiger partial charge < -0.3 is 14.1 Å². The second-order valence-electron chi connectivity index (χ2n) is 7.43. The number of carbonyl (C=O) groups is 1. The highest BCUT2D eigenvalue weighted by Gasteiger charge is 2.24. The van der Waals surface area contributed by atoms with Crippen LogP contribution in [-0.2, 0) is 13.2 Å². The molecule has 2 heterocycles. The van der Waals surface area contributed by atoms with Gasteiger partial charge in [0.05, 0.1) is 5.02 Å². The van der Waals surface area contributed by atoms with E-state index in [-0.39, 0.29) is 12.5 Å². The van der Waals surface area contributed by atoms with E-state index >= 15 is 0 Å². The van der Waals surface area contributed by atoms with E-state index < -0.39 is 0 Å². The molecule has 0 bridgehead atoms. The summed E-state index contributed by atoms with van der Waals surface area (Å²) in [6, 6.07) is 13.9. The van der Waals surface area contributed by atoms with E-state index in [4.69, 9.17) is 55.6 Å². The minimum Gasteiger partial charge on any atom is -0.484 e. The van der Waals surface area contributed by atoms with Gasteiger partial charge in [0, 0.05) is 47.8 Å². The fourth-order valence-electron chi connectivity index (χ4n) is 3.47. The van der Waals surface area contributed by atoms with E-state index in [1.807, 2.05) is 12.1 Å². The van der Waals surface area contributed by atoms with Gasteiger partial charge in [0.1, 0.15) is 18.1 Å². The van der Waals surface area contributed by atoms with Gasteiger partial charge in [0.15, 0.2) is 5.76 Å². The normalized spacial score (nSPS) is 14.6. The molecule has 1 fully saturated rings. The van der Waals surface area contributed by atoms with Crippen LogP contribution >= 0.6 is 46.4 Å². The van der Waals surface area contributed by atoms with Gasteiger partial charge >= 0.3 is 0 Å². The van der Waals surface area contributed by atoms with Crippen molar-refractivity contribution in [2.24, 2.45) is 0 Å². The van der Waals surface area contributed by atoms with Crippen LogP contribution < -0.4 is 4.74 Å². The molecule has 2 aromatic carbocycles. The number of amides is 1. The third-order valence-corrected chi connectivity index (χ3v) is 6.32. The highest BCUT2D eigenvalue weighted by molar-refractivity contribution is 6.35. The fourth-order valence-corrected chi connectivity index (χ4v) is 4.40. The van der Waals surface area contributed by atoms with Crippen LogP contribution in [0, 0.1) is 0 Å². The Hall–Kier alpha value is -1.89. The van der Waals surface area contributed by atoms with Crippen LogP contribution in [0.1, 0.15) is 21.9 Å². The zero-order chi connectivity index (χ0) is 22.7. The highest BCUT2D eigenvalue weighted by Crippen LogP contribution is 2.28. The molecule has 168 valence electrons. The van der Waals surface area contributed by atoms with Gasteiger partial charge in [-0.05, 0) is 48.0 Å². The van der Waals surface area contributed by atoms with E-state index in [9.17, 15) is 4.79 Å². The Labute approximate surface area is 206 Å². The van der Waals surface area contributed by atoms with Crippen molar-refractivity contribution in [3.8, 4) is 5.75 Å². The third kappa shape index (κ3) is 5.72. The molecule has 5 nitrogen and oxygen atoms in total. The number of carbonyl (C=O) groups excluding carboxylic acids is 1. The summed E-state index contributed by atoms with van der Waals surface area (Å²) >= 11 is 24.3.